The number of nitrogens with one attached hydrogen (secondary N) is 3. The van der Waals surface area contributed by atoms with Gasteiger partial charge >= 0.3 is 0 Å². The van der Waals surface area contributed by atoms with E-state index in [4.69, 9.17) is 20.8 Å². The predicted molar refractivity (Wildman–Crippen MR) is 116 cm³/mol. The van der Waals surface area contributed by atoms with Crippen molar-refractivity contribution in [3.8, 4) is 5.75 Å². The van der Waals surface area contributed by atoms with Gasteiger partial charge in [-0.15, -0.1) is 0 Å². The van der Waals surface area contributed by atoms with Gasteiger partial charge in [0.1, 0.15) is 11.5 Å². The molecule has 3 aromatic rings. The summed E-state index contributed by atoms with van der Waals surface area (Å²) in [4.78, 5) is 24.9. The summed E-state index contributed by atoms with van der Waals surface area (Å²) in [6, 6.07) is 15.6. The predicted octanol–water partition coefficient (Wildman–Crippen LogP) is 4.31. The Morgan fingerprint density at radius 3 is 2.67 bits per heavy atom. The van der Waals surface area contributed by atoms with Crippen molar-refractivity contribution in [1.82, 2.24) is 5.32 Å². The van der Waals surface area contributed by atoms with Crippen LogP contribution in [0.25, 0.3) is 0 Å². The van der Waals surface area contributed by atoms with E-state index < -0.39 is 0 Å². The summed E-state index contributed by atoms with van der Waals surface area (Å²) >= 11 is 6.01. The molecule has 30 heavy (non-hydrogen) atoms. The molecule has 7 nitrogen and oxygen atoms in total. The maximum atomic E-state index is 12.5. The van der Waals surface area contributed by atoms with Gasteiger partial charge in [-0.25, -0.2) is 0 Å². The molecule has 0 atom stereocenters. The lowest BCUT2D eigenvalue weighted by Gasteiger charge is -2.13. The zero-order valence-corrected chi connectivity index (χ0v) is 17.2. The van der Waals surface area contributed by atoms with E-state index >= 15 is 0 Å². The van der Waals surface area contributed by atoms with Gasteiger partial charge in [0.2, 0.25) is 5.91 Å². The monoisotopic (exact) mass is 427 g/mol. The number of hydrogen-bond donors (Lipinski definition) is 3. The van der Waals surface area contributed by atoms with Crippen LogP contribution in [0, 0.1) is 0 Å². The average Bonchev–Trinajstić information content (AvgIpc) is 3.26. The lowest BCUT2D eigenvalue weighted by molar-refractivity contribution is -0.115. The van der Waals surface area contributed by atoms with Crippen LogP contribution in [-0.4, -0.2) is 25.5 Å². The van der Waals surface area contributed by atoms with Crippen LogP contribution < -0.4 is 20.7 Å². The number of ether oxygens (including phenoxy) is 1. The highest BCUT2D eigenvalue weighted by molar-refractivity contribution is 6.30. The van der Waals surface area contributed by atoms with Crippen LogP contribution in [0.1, 0.15) is 22.5 Å². The zero-order valence-electron chi connectivity index (χ0n) is 16.4. The number of benzene rings is 2. The average molecular weight is 428 g/mol. The van der Waals surface area contributed by atoms with E-state index in [9.17, 15) is 9.59 Å². The second kappa shape index (κ2) is 10.4. The Labute approximate surface area is 179 Å². The Kier molecular flexibility index (Phi) is 7.34. The minimum atomic E-state index is -0.302. The SMILES string of the molecule is COc1ccc(Cl)cc1NCCC(=O)Nc1ccccc1C(=O)NCc1ccco1. The summed E-state index contributed by atoms with van der Waals surface area (Å²) in [5.41, 5.74) is 1.53. The summed E-state index contributed by atoms with van der Waals surface area (Å²) in [7, 11) is 1.56. The maximum Gasteiger partial charge on any atom is 0.253 e. The Morgan fingerprint density at radius 1 is 1.07 bits per heavy atom. The van der Waals surface area contributed by atoms with Crippen LogP contribution >= 0.6 is 11.6 Å². The largest absolute Gasteiger partial charge is 0.495 e. The Balaban J connectivity index is 1.55. The fourth-order valence-electron chi connectivity index (χ4n) is 2.81. The van der Waals surface area contributed by atoms with Crippen molar-refractivity contribution >= 4 is 34.8 Å². The molecule has 1 aromatic heterocycles. The third-order valence-electron chi connectivity index (χ3n) is 4.28. The highest BCUT2D eigenvalue weighted by atomic mass is 35.5. The molecule has 0 aliphatic heterocycles. The summed E-state index contributed by atoms with van der Waals surface area (Å²) in [5, 5.41) is 9.27. The molecular weight excluding hydrogens is 406 g/mol. The van der Waals surface area contributed by atoms with E-state index in [0.29, 0.717) is 40.0 Å². The van der Waals surface area contributed by atoms with E-state index in [1.165, 1.54) is 0 Å². The number of anilines is 2. The van der Waals surface area contributed by atoms with Gasteiger partial charge in [0.25, 0.3) is 5.91 Å². The van der Waals surface area contributed by atoms with Crippen molar-refractivity contribution in [3.63, 3.8) is 0 Å². The fraction of sp³-hybridized carbons (Fsp3) is 0.182. The van der Waals surface area contributed by atoms with Crippen LogP contribution in [0.15, 0.2) is 65.3 Å². The van der Waals surface area contributed by atoms with Crippen LogP contribution in [0.4, 0.5) is 11.4 Å². The molecule has 0 saturated carbocycles. The van der Waals surface area contributed by atoms with Gasteiger partial charge in [-0.2, -0.15) is 0 Å². The Morgan fingerprint density at radius 2 is 1.90 bits per heavy atom. The van der Waals surface area contributed by atoms with Gasteiger partial charge < -0.3 is 25.1 Å². The number of halogens is 1. The minimum absolute atomic E-state index is 0.192. The molecule has 2 aromatic carbocycles. The molecule has 0 saturated heterocycles. The summed E-state index contributed by atoms with van der Waals surface area (Å²) < 4.78 is 10.5. The van der Waals surface area contributed by atoms with Crippen molar-refractivity contribution in [3.05, 3.63) is 77.2 Å². The number of furan rings is 1. The molecule has 3 N–H and O–H groups in total. The van der Waals surface area contributed by atoms with Crippen molar-refractivity contribution < 1.29 is 18.7 Å². The van der Waals surface area contributed by atoms with Crippen LogP contribution in [0.5, 0.6) is 5.75 Å². The lowest BCUT2D eigenvalue weighted by atomic mass is 10.1. The number of hydrogen-bond acceptors (Lipinski definition) is 5. The number of methoxy groups -OCH3 is 1. The third kappa shape index (κ3) is 5.78. The van der Waals surface area contributed by atoms with E-state index in [0.717, 1.165) is 0 Å². The topological polar surface area (TPSA) is 92.6 Å². The summed E-state index contributed by atoms with van der Waals surface area (Å²) in [6.07, 6.45) is 1.74. The lowest BCUT2D eigenvalue weighted by Crippen LogP contribution is -2.25. The van der Waals surface area contributed by atoms with Gasteiger partial charge in [0.05, 0.1) is 36.9 Å². The smallest absolute Gasteiger partial charge is 0.253 e. The van der Waals surface area contributed by atoms with Gasteiger partial charge in [-0.1, -0.05) is 23.7 Å². The Hall–Kier alpha value is -3.45. The van der Waals surface area contributed by atoms with Gasteiger partial charge in [0.15, 0.2) is 0 Å². The number of rotatable bonds is 9. The molecule has 0 spiro atoms. The highest BCUT2D eigenvalue weighted by Crippen LogP contribution is 2.27. The quantitative estimate of drug-likeness (QED) is 0.473. The van der Waals surface area contributed by atoms with E-state index in [1.807, 2.05) is 0 Å². The standard InChI is InChI=1S/C22H22ClN3O4/c1-29-20-9-8-15(23)13-19(20)24-11-10-21(27)26-18-7-3-2-6-17(18)22(28)25-14-16-5-4-12-30-16/h2-9,12-13,24H,10-11,14H2,1H3,(H,25,28)(H,26,27). The second-order valence-electron chi connectivity index (χ2n) is 6.38. The molecule has 156 valence electrons. The van der Waals surface area contributed by atoms with Crippen molar-refractivity contribution in [2.24, 2.45) is 0 Å². The summed E-state index contributed by atoms with van der Waals surface area (Å²) in [6.45, 7) is 0.634. The molecule has 1 heterocycles. The first-order valence-corrected chi connectivity index (χ1v) is 9.71. The van der Waals surface area contributed by atoms with Crippen LogP contribution in [0.3, 0.4) is 0 Å². The first-order chi connectivity index (χ1) is 14.6. The summed E-state index contributed by atoms with van der Waals surface area (Å²) in [5.74, 6) is 0.754. The molecule has 0 aliphatic rings. The van der Waals surface area contributed by atoms with E-state index in [1.54, 1.807) is 68.0 Å². The first kappa shape index (κ1) is 21.3. The molecular formula is C22H22ClN3O4. The number of carbonyl (C=O) groups excluding carboxylic acids is 2. The minimum Gasteiger partial charge on any atom is -0.495 e. The van der Waals surface area contributed by atoms with Crippen LogP contribution in [0.2, 0.25) is 5.02 Å². The van der Waals surface area contributed by atoms with Crippen molar-refractivity contribution in [2.75, 3.05) is 24.3 Å². The van der Waals surface area contributed by atoms with E-state index in [-0.39, 0.29) is 24.8 Å². The maximum absolute atomic E-state index is 12.5. The Bertz CT molecular complexity index is 1010. The highest BCUT2D eigenvalue weighted by Gasteiger charge is 2.13. The third-order valence-corrected chi connectivity index (χ3v) is 4.51. The van der Waals surface area contributed by atoms with Crippen molar-refractivity contribution in [1.29, 1.82) is 0 Å². The fourth-order valence-corrected chi connectivity index (χ4v) is 2.98. The van der Waals surface area contributed by atoms with Crippen molar-refractivity contribution in [2.45, 2.75) is 13.0 Å². The molecule has 0 bridgehead atoms. The zero-order chi connectivity index (χ0) is 21.3. The molecule has 3 rings (SSSR count). The molecule has 8 heteroatoms. The molecule has 0 aliphatic carbocycles. The first-order valence-electron chi connectivity index (χ1n) is 9.33. The molecule has 0 fully saturated rings. The molecule has 0 unspecified atom stereocenters. The van der Waals surface area contributed by atoms with Crippen LogP contribution in [-0.2, 0) is 11.3 Å². The number of para-hydroxylation sites is 1. The normalized spacial score (nSPS) is 10.3. The molecule has 0 radical (unpaired) electrons. The van der Waals surface area contributed by atoms with Gasteiger partial charge in [-0.3, -0.25) is 9.59 Å². The number of amides is 2. The van der Waals surface area contributed by atoms with Gasteiger partial charge in [-0.05, 0) is 42.5 Å². The van der Waals surface area contributed by atoms with E-state index in [2.05, 4.69) is 16.0 Å². The second-order valence-corrected chi connectivity index (χ2v) is 6.81. The number of carbonyl (C=O) groups is 2. The molecule has 2 amide bonds. The van der Waals surface area contributed by atoms with Gasteiger partial charge in [0, 0.05) is 18.0 Å².